The van der Waals surface area contributed by atoms with Gasteiger partial charge in [-0.3, -0.25) is 9.63 Å². The Bertz CT molecular complexity index is 774. The minimum atomic E-state index is -4.48. The molecule has 0 aliphatic carbocycles. The summed E-state index contributed by atoms with van der Waals surface area (Å²) in [6, 6.07) is 13.7. The summed E-state index contributed by atoms with van der Waals surface area (Å²) in [7, 11) is -4.48. The van der Waals surface area contributed by atoms with E-state index < -0.39 is 7.60 Å². The van der Waals surface area contributed by atoms with Crippen LogP contribution in [-0.4, -0.2) is 22.4 Å². The number of nitrogens with zero attached hydrogens (tertiary/aromatic N) is 1. The van der Waals surface area contributed by atoms with Crippen LogP contribution in [0, 0.1) is 0 Å². The minimum absolute atomic E-state index is 0. The molecule has 6 nitrogen and oxygen atoms in total. The van der Waals surface area contributed by atoms with Gasteiger partial charge in [-0.15, -0.1) is 0 Å². The number of carbonyl (C=O) groups is 1. The molecule has 0 fully saturated rings. The van der Waals surface area contributed by atoms with E-state index in [0.717, 1.165) is 27.5 Å². The number of benzene rings is 2. The predicted octanol–water partition coefficient (Wildman–Crippen LogP) is -0.817. The summed E-state index contributed by atoms with van der Waals surface area (Å²) in [5.41, 5.74) is 0.885. The molecular weight excluding hydrogens is 340 g/mol. The summed E-state index contributed by atoms with van der Waals surface area (Å²) in [5.74, 6) is 0.275. The third kappa shape index (κ3) is 6.87. The summed E-state index contributed by atoms with van der Waals surface area (Å²) >= 11 is 0. The molecule has 24 heavy (non-hydrogen) atoms. The summed E-state index contributed by atoms with van der Waals surface area (Å²) < 4.78 is 10.6. The molecule has 1 unspecified atom stereocenters. The number of fused-ring (bicyclic) bond motifs is 1. The molecule has 0 bridgehead atoms. The van der Waals surface area contributed by atoms with Gasteiger partial charge in [-0.25, -0.2) is 5.06 Å². The maximum Gasteiger partial charge on any atom is 1.00 e. The van der Waals surface area contributed by atoms with E-state index in [9.17, 15) is 14.3 Å². The average Bonchev–Trinajstić information content (AvgIpc) is 2.49. The van der Waals surface area contributed by atoms with Gasteiger partial charge in [0.15, 0.2) is 7.60 Å². The maximum atomic E-state index is 11.5. The van der Waals surface area contributed by atoms with Gasteiger partial charge < -0.3 is 14.4 Å². The fraction of sp³-hybridized carbons (Fsp3) is 0.188. The smallest absolute Gasteiger partial charge is 0.776 e. The zero-order valence-corrected chi connectivity index (χ0v) is 16.5. The number of hydroxylamine groups is 2. The molecule has 122 valence electrons. The van der Waals surface area contributed by atoms with Gasteiger partial charge in [-0.2, -0.15) is 0 Å². The molecule has 0 aliphatic heterocycles. The van der Waals surface area contributed by atoms with E-state index in [0.29, 0.717) is 5.82 Å². The molecule has 0 aromatic heterocycles. The van der Waals surface area contributed by atoms with Crippen LogP contribution in [-0.2, 0) is 20.8 Å². The Kier molecular flexibility index (Phi) is 8.33. The van der Waals surface area contributed by atoms with Crippen LogP contribution in [0.3, 0.4) is 0 Å². The van der Waals surface area contributed by atoms with Gasteiger partial charge in [0.2, 0.25) is 5.91 Å². The number of rotatable bonds is 6. The normalized spacial score (nSPS) is 13.5. The first-order chi connectivity index (χ1) is 10.8. The van der Waals surface area contributed by atoms with Crippen molar-refractivity contribution in [2.24, 2.45) is 0 Å². The molecule has 0 saturated carbocycles. The van der Waals surface area contributed by atoms with Gasteiger partial charge in [0.1, 0.15) is 6.61 Å². The van der Waals surface area contributed by atoms with Gasteiger partial charge in [0.05, 0.1) is 6.54 Å². The van der Waals surface area contributed by atoms with E-state index in [2.05, 4.69) is 0 Å². The molecule has 0 radical (unpaired) electrons. The number of amides is 1. The SMILES string of the molecule is CC(=O)N(C/C=C/P(=O)([O-])O)OCc1ccc2ccccc2c1.[Na+]. The monoisotopic (exact) mass is 357 g/mol. The van der Waals surface area contributed by atoms with Crippen LogP contribution in [0.5, 0.6) is 0 Å². The van der Waals surface area contributed by atoms with Crippen molar-refractivity contribution in [1.82, 2.24) is 5.06 Å². The third-order valence-electron chi connectivity index (χ3n) is 3.12. The average molecular weight is 357 g/mol. The van der Waals surface area contributed by atoms with E-state index in [1.807, 2.05) is 42.5 Å². The predicted molar refractivity (Wildman–Crippen MR) is 85.1 cm³/mol. The van der Waals surface area contributed by atoms with Crippen LogP contribution in [0.1, 0.15) is 12.5 Å². The van der Waals surface area contributed by atoms with Crippen molar-refractivity contribution < 1.29 is 53.5 Å². The van der Waals surface area contributed by atoms with Gasteiger partial charge >= 0.3 is 29.6 Å². The topological polar surface area (TPSA) is 89.9 Å². The van der Waals surface area contributed by atoms with Crippen LogP contribution in [0.25, 0.3) is 10.8 Å². The number of hydrogen-bond donors (Lipinski definition) is 1. The van der Waals surface area contributed by atoms with Gasteiger partial charge in [-0.1, -0.05) is 42.5 Å². The van der Waals surface area contributed by atoms with E-state index in [1.54, 1.807) is 0 Å². The van der Waals surface area contributed by atoms with Crippen molar-refractivity contribution in [1.29, 1.82) is 0 Å². The molecule has 0 spiro atoms. The Morgan fingerprint density at radius 1 is 1.29 bits per heavy atom. The zero-order valence-electron chi connectivity index (χ0n) is 13.6. The first kappa shape index (κ1) is 21.1. The summed E-state index contributed by atoms with van der Waals surface area (Å²) in [4.78, 5) is 36.2. The molecule has 0 saturated heterocycles. The second kappa shape index (κ2) is 9.49. The molecule has 1 amide bonds. The second-order valence-corrected chi connectivity index (χ2v) is 6.41. The maximum absolute atomic E-state index is 11.5. The van der Waals surface area contributed by atoms with Gasteiger partial charge in [0, 0.05) is 6.92 Å². The first-order valence-electron chi connectivity index (χ1n) is 6.95. The molecule has 8 heteroatoms. The quantitative estimate of drug-likeness (QED) is 0.415. The van der Waals surface area contributed by atoms with Crippen molar-refractivity contribution in [3.8, 4) is 0 Å². The van der Waals surface area contributed by atoms with Crippen LogP contribution >= 0.6 is 7.60 Å². The molecule has 0 aliphatic rings. The molecule has 0 heterocycles. The first-order valence-corrected chi connectivity index (χ1v) is 8.60. The van der Waals surface area contributed by atoms with Crippen molar-refractivity contribution in [3.05, 3.63) is 59.9 Å². The molecule has 1 atom stereocenters. The number of carbonyl (C=O) groups excluding carboxylic acids is 1. The van der Waals surface area contributed by atoms with E-state index in [-0.39, 0.29) is 48.6 Å². The Labute approximate surface area is 162 Å². The van der Waals surface area contributed by atoms with E-state index in [1.165, 1.54) is 6.92 Å². The molecule has 2 aromatic carbocycles. The van der Waals surface area contributed by atoms with Crippen LogP contribution in [0.4, 0.5) is 0 Å². The fourth-order valence-electron chi connectivity index (χ4n) is 2.03. The van der Waals surface area contributed by atoms with Crippen LogP contribution < -0.4 is 34.5 Å². The zero-order chi connectivity index (χ0) is 16.9. The molecule has 2 rings (SSSR count). The Hall–Kier alpha value is -0.980. The third-order valence-corrected chi connectivity index (χ3v) is 3.70. The summed E-state index contributed by atoms with van der Waals surface area (Å²) in [6.45, 7) is 1.41. The Balaban J connectivity index is 0.00000288. The fourth-order valence-corrected chi connectivity index (χ4v) is 2.39. The van der Waals surface area contributed by atoms with Crippen molar-refractivity contribution >= 4 is 24.3 Å². The molecule has 1 N–H and O–H groups in total. The van der Waals surface area contributed by atoms with Crippen molar-refractivity contribution in [2.45, 2.75) is 13.5 Å². The van der Waals surface area contributed by atoms with Crippen LogP contribution in [0.15, 0.2) is 54.4 Å². The van der Waals surface area contributed by atoms with Crippen LogP contribution in [0.2, 0.25) is 0 Å². The largest absolute Gasteiger partial charge is 1.00 e. The van der Waals surface area contributed by atoms with Gasteiger partial charge in [0.25, 0.3) is 0 Å². The standard InChI is InChI=1S/C16H18NO5P.Na/c1-13(18)17(9-4-10-23(19,20)21)22-12-14-7-8-15-5-2-3-6-16(15)11-14;/h2-8,10-11H,9,12H2,1H3,(H2,19,20,21);/q;+1/p-1/b10-4+;. The number of hydrogen-bond acceptors (Lipinski definition) is 4. The molecule has 2 aromatic rings. The summed E-state index contributed by atoms with van der Waals surface area (Å²) in [5, 5.41) is 3.20. The van der Waals surface area contributed by atoms with E-state index >= 15 is 0 Å². The van der Waals surface area contributed by atoms with Crippen molar-refractivity contribution in [3.63, 3.8) is 0 Å². The Morgan fingerprint density at radius 3 is 2.58 bits per heavy atom. The second-order valence-electron chi connectivity index (χ2n) is 4.98. The molecular formula is C16H17NNaO5P. The van der Waals surface area contributed by atoms with E-state index in [4.69, 9.17) is 9.73 Å². The Morgan fingerprint density at radius 2 is 1.96 bits per heavy atom. The van der Waals surface area contributed by atoms with Gasteiger partial charge in [-0.05, 0) is 28.2 Å². The minimum Gasteiger partial charge on any atom is -0.776 e. The van der Waals surface area contributed by atoms with Crippen molar-refractivity contribution in [2.75, 3.05) is 6.54 Å². The summed E-state index contributed by atoms with van der Waals surface area (Å²) in [6.07, 6.45) is 1.15.